The van der Waals surface area contributed by atoms with Gasteiger partial charge in [0.2, 0.25) is 5.91 Å². The normalized spacial score (nSPS) is 20.4. The van der Waals surface area contributed by atoms with Crippen molar-refractivity contribution in [3.8, 4) is 0 Å². The van der Waals surface area contributed by atoms with Crippen LogP contribution in [0.4, 0.5) is 0 Å². The first kappa shape index (κ1) is 15.9. The Labute approximate surface area is 126 Å². The Morgan fingerprint density at radius 3 is 2.95 bits per heavy atom. The second-order valence-electron chi connectivity index (χ2n) is 5.46. The second kappa shape index (κ2) is 8.12. The molecule has 2 rings (SSSR count). The highest BCUT2D eigenvalue weighted by Gasteiger charge is 2.25. The van der Waals surface area contributed by atoms with Crippen LogP contribution in [0.3, 0.4) is 0 Å². The molecule has 1 fully saturated rings. The molecule has 116 valence electrons. The molecule has 5 heteroatoms. The van der Waals surface area contributed by atoms with E-state index in [0.717, 1.165) is 31.7 Å². The summed E-state index contributed by atoms with van der Waals surface area (Å²) in [5.41, 5.74) is 6.84. The third-order valence-electron chi connectivity index (χ3n) is 4.03. The van der Waals surface area contributed by atoms with Crippen LogP contribution in [-0.2, 0) is 9.53 Å². The SMILES string of the molecule is COCCN1CCCC1CNC(=O)C(N)c1ccccc1. The Bertz CT molecular complexity index is 438. The van der Waals surface area contributed by atoms with E-state index >= 15 is 0 Å². The summed E-state index contributed by atoms with van der Waals surface area (Å²) in [6, 6.07) is 9.26. The Balaban J connectivity index is 1.80. The van der Waals surface area contributed by atoms with Crippen molar-refractivity contribution in [1.82, 2.24) is 10.2 Å². The van der Waals surface area contributed by atoms with E-state index < -0.39 is 6.04 Å². The van der Waals surface area contributed by atoms with Gasteiger partial charge in [-0.15, -0.1) is 0 Å². The van der Waals surface area contributed by atoms with E-state index in [1.165, 1.54) is 6.42 Å². The van der Waals surface area contributed by atoms with Crippen LogP contribution in [0.15, 0.2) is 30.3 Å². The molecule has 5 nitrogen and oxygen atoms in total. The molecule has 3 N–H and O–H groups in total. The molecule has 2 unspecified atom stereocenters. The van der Waals surface area contributed by atoms with Gasteiger partial charge in [-0.1, -0.05) is 30.3 Å². The highest BCUT2D eigenvalue weighted by Crippen LogP contribution is 2.16. The summed E-state index contributed by atoms with van der Waals surface area (Å²) < 4.78 is 5.12. The van der Waals surface area contributed by atoms with E-state index in [1.54, 1.807) is 7.11 Å². The molecule has 1 saturated heterocycles. The Morgan fingerprint density at radius 2 is 2.24 bits per heavy atom. The minimum Gasteiger partial charge on any atom is -0.383 e. The summed E-state index contributed by atoms with van der Waals surface area (Å²) in [6.07, 6.45) is 2.29. The zero-order chi connectivity index (χ0) is 15.1. The largest absolute Gasteiger partial charge is 0.383 e. The maximum atomic E-state index is 12.1. The van der Waals surface area contributed by atoms with Crippen molar-refractivity contribution in [1.29, 1.82) is 0 Å². The van der Waals surface area contributed by atoms with Crippen molar-refractivity contribution < 1.29 is 9.53 Å². The topological polar surface area (TPSA) is 67.6 Å². The standard InChI is InChI=1S/C16H25N3O2/c1-21-11-10-19-9-5-8-14(19)12-18-16(20)15(17)13-6-3-2-4-7-13/h2-4,6-7,14-15H,5,8-12,17H2,1H3,(H,18,20). The smallest absolute Gasteiger partial charge is 0.241 e. The first-order chi connectivity index (χ1) is 10.2. The number of carbonyl (C=O) groups excluding carboxylic acids is 1. The monoisotopic (exact) mass is 291 g/mol. The molecule has 0 aliphatic carbocycles. The highest BCUT2D eigenvalue weighted by atomic mass is 16.5. The van der Waals surface area contributed by atoms with Crippen molar-refractivity contribution in [2.45, 2.75) is 24.9 Å². The van der Waals surface area contributed by atoms with Gasteiger partial charge in [0.25, 0.3) is 0 Å². The number of ether oxygens (including phenoxy) is 1. The van der Waals surface area contributed by atoms with Gasteiger partial charge in [-0.2, -0.15) is 0 Å². The van der Waals surface area contributed by atoms with Crippen LogP contribution in [0.2, 0.25) is 0 Å². The molecule has 1 aliphatic rings. The lowest BCUT2D eigenvalue weighted by Crippen LogP contribution is -2.43. The van der Waals surface area contributed by atoms with Crippen molar-refractivity contribution in [3.63, 3.8) is 0 Å². The third-order valence-corrected chi connectivity index (χ3v) is 4.03. The van der Waals surface area contributed by atoms with E-state index in [1.807, 2.05) is 30.3 Å². The summed E-state index contributed by atoms with van der Waals surface area (Å²) in [6.45, 7) is 3.38. The lowest BCUT2D eigenvalue weighted by Gasteiger charge is -2.25. The van der Waals surface area contributed by atoms with Gasteiger partial charge >= 0.3 is 0 Å². The molecule has 1 amide bonds. The maximum absolute atomic E-state index is 12.1. The van der Waals surface area contributed by atoms with Crippen molar-refractivity contribution in [3.05, 3.63) is 35.9 Å². The molecule has 0 saturated carbocycles. The number of nitrogens with one attached hydrogen (secondary N) is 1. The summed E-state index contributed by atoms with van der Waals surface area (Å²) in [5, 5.41) is 2.98. The van der Waals surface area contributed by atoms with Crippen LogP contribution in [0.25, 0.3) is 0 Å². The van der Waals surface area contributed by atoms with Crippen molar-refractivity contribution in [2.24, 2.45) is 5.73 Å². The van der Waals surface area contributed by atoms with Crippen LogP contribution >= 0.6 is 0 Å². The van der Waals surface area contributed by atoms with Crippen LogP contribution in [-0.4, -0.2) is 50.2 Å². The minimum atomic E-state index is -0.597. The fraction of sp³-hybridized carbons (Fsp3) is 0.562. The molecule has 1 aromatic rings. The number of hydrogen-bond acceptors (Lipinski definition) is 4. The van der Waals surface area contributed by atoms with Gasteiger partial charge in [0.1, 0.15) is 6.04 Å². The fourth-order valence-corrected chi connectivity index (χ4v) is 2.77. The average Bonchev–Trinajstić information content (AvgIpc) is 2.98. The van der Waals surface area contributed by atoms with Gasteiger partial charge in [-0.05, 0) is 24.9 Å². The fourth-order valence-electron chi connectivity index (χ4n) is 2.77. The van der Waals surface area contributed by atoms with Gasteiger partial charge in [0, 0.05) is 26.2 Å². The number of rotatable bonds is 7. The Morgan fingerprint density at radius 1 is 1.48 bits per heavy atom. The quantitative estimate of drug-likeness (QED) is 0.784. The first-order valence-electron chi connectivity index (χ1n) is 7.53. The second-order valence-corrected chi connectivity index (χ2v) is 5.46. The van der Waals surface area contributed by atoms with Gasteiger partial charge in [-0.3, -0.25) is 9.69 Å². The van der Waals surface area contributed by atoms with Crippen LogP contribution in [0.5, 0.6) is 0 Å². The van der Waals surface area contributed by atoms with Crippen molar-refractivity contribution in [2.75, 3.05) is 33.4 Å². The molecule has 1 aromatic carbocycles. The number of amides is 1. The lowest BCUT2D eigenvalue weighted by atomic mass is 10.1. The van der Waals surface area contributed by atoms with Gasteiger partial charge in [0.05, 0.1) is 6.61 Å². The van der Waals surface area contributed by atoms with Crippen LogP contribution < -0.4 is 11.1 Å². The predicted molar refractivity (Wildman–Crippen MR) is 82.9 cm³/mol. The van der Waals surface area contributed by atoms with E-state index in [4.69, 9.17) is 10.5 Å². The predicted octanol–water partition coefficient (Wildman–Crippen LogP) is 0.913. The van der Waals surface area contributed by atoms with Crippen LogP contribution in [0, 0.1) is 0 Å². The number of nitrogens with two attached hydrogens (primary N) is 1. The van der Waals surface area contributed by atoms with E-state index in [2.05, 4.69) is 10.2 Å². The maximum Gasteiger partial charge on any atom is 0.241 e. The lowest BCUT2D eigenvalue weighted by molar-refractivity contribution is -0.122. The molecule has 1 heterocycles. The Kier molecular flexibility index (Phi) is 6.17. The molecule has 2 atom stereocenters. The van der Waals surface area contributed by atoms with Gasteiger partial charge < -0.3 is 15.8 Å². The molecular formula is C16H25N3O2. The number of methoxy groups -OCH3 is 1. The molecule has 0 aromatic heterocycles. The van der Waals surface area contributed by atoms with E-state index in [-0.39, 0.29) is 5.91 Å². The zero-order valence-electron chi connectivity index (χ0n) is 12.6. The van der Waals surface area contributed by atoms with Gasteiger partial charge in [-0.25, -0.2) is 0 Å². The summed E-state index contributed by atoms with van der Waals surface area (Å²) in [4.78, 5) is 14.5. The summed E-state index contributed by atoms with van der Waals surface area (Å²) in [7, 11) is 1.71. The molecule has 1 aliphatic heterocycles. The summed E-state index contributed by atoms with van der Waals surface area (Å²) in [5.74, 6) is -0.111. The molecule has 21 heavy (non-hydrogen) atoms. The zero-order valence-corrected chi connectivity index (χ0v) is 12.6. The number of benzene rings is 1. The minimum absolute atomic E-state index is 0.111. The molecule has 0 spiro atoms. The number of nitrogens with zero attached hydrogens (tertiary/aromatic N) is 1. The summed E-state index contributed by atoms with van der Waals surface area (Å²) >= 11 is 0. The number of hydrogen-bond donors (Lipinski definition) is 2. The molecular weight excluding hydrogens is 266 g/mol. The molecule has 0 bridgehead atoms. The van der Waals surface area contributed by atoms with Crippen LogP contribution in [0.1, 0.15) is 24.4 Å². The average molecular weight is 291 g/mol. The van der Waals surface area contributed by atoms with Crippen molar-refractivity contribution >= 4 is 5.91 Å². The third kappa shape index (κ3) is 4.52. The van der Waals surface area contributed by atoms with E-state index in [9.17, 15) is 4.79 Å². The molecule has 0 radical (unpaired) electrons. The Hall–Kier alpha value is -1.43. The van der Waals surface area contributed by atoms with Gasteiger partial charge in [0.15, 0.2) is 0 Å². The first-order valence-corrected chi connectivity index (χ1v) is 7.53. The highest BCUT2D eigenvalue weighted by molar-refractivity contribution is 5.82. The number of likely N-dealkylation sites (tertiary alicyclic amines) is 1. The number of carbonyl (C=O) groups is 1. The van der Waals surface area contributed by atoms with E-state index in [0.29, 0.717) is 12.6 Å².